The maximum atomic E-state index is 14.7. The monoisotopic (exact) mass is 436 g/mol. The number of hydrogen-bond donors (Lipinski definition) is 3. The van der Waals surface area contributed by atoms with Crippen molar-refractivity contribution in [2.45, 2.75) is 19.3 Å². The molecule has 32 heavy (non-hydrogen) atoms. The number of nitrogens with one attached hydrogen (secondary N) is 2. The molecule has 0 saturated carbocycles. The van der Waals surface area contributed by atoms with Crippen molar-refractivity contribution in [1.29, 1.82) is 0 Å². The molecule has 0 unspecified atom stereocenters. The fourth-order valence-corrected chi connectivity index (χ4v) is 3.48. The van der Waals surface area contributed by atoms with E-state index in [1.807, 2.05) is 0 Å². The van der Waals surface area contributed by atoms with E-state index in [-0.39, 0.29) is 23.1 Å². The van der Waals surface area contributed by atoms with Crippen molar-refractivity contribution in [3.63, 3.8) is 0 Å². The van der Waals surface area contributed by atoms with Crippen molar-refractivity contribution in [3.05, 3.63) is 40.7 Å². The summed E-state index contributed by atoms with van der Waals surface area (Å²) in [6.07, 6.45) is 1.03. The molecule has 2 aromatic rings. The third-order valence-corrected chi connectivity index (χ3v) is 5.05. The number of hydrogen-bond acceptors (Lipinski definition) is 4. The Hall–Kier alpha value is -3.14. The topological polar surface area (TPSA) is 87.7 Å². The van der Waals surface area contributed by atoms with Gasteiger partial charge in [-0.3, -0.25) is 14.4 Å². The molecule has 0 fully saturated rings. The lowest BCUT2D eigenvalue weighted by atomic mass is 9.72. The molecule has 12 heteroatoms. The van der Waals surface area contributed by atoms with Gasteiger partial charge < -0.3 is 10.4 Å². The first-order valence-electron chi connectivity index (χ1n) is 9.29. The summed E-state index contributed by atoms with van der Waals surface area (Å²) in [6.45, 7) is 0. The lowest BCUT2D eigenvalue weighted by Gasteiger charge is -2.17. The van der Waals surface area contributed by atoms with Gasteiger partial charge in [-0.2, -0.15) is 0 Å². The van der Waals surface area contributed by atoms with Crippen molar-refractivity contribution >= 4 is 57.4 Å². The SMILES string of the molecule is [B]c1c([B])c(F)c([B])c(-c2cc(F)c(NC(=O)C3=C(C(=O)NOC)CCC3)c(F)c2)c1O. The van der Waals surface area contributed by atoms with E-state index in [9.17, 15) is 27.9 Å². The van der Waals surface area contributed by atoms with Crippen molar-refractivity contribution < 1.29 is 32.7 Å². The van der Waals surface area contributed by atoms with E-state index in [2.05, 4.69) is 15.6 Å². The molecular weight excluding hydrogens is 422 g/mol. The predicted molar refractivity (Wildman–Crippen MR) is 114 cm³/mol. The largest absolute Gasteiger partial charge is 0.508 e. The van der Waals surface area contributed by atoms with Crippen LogP contribution in [0, 0.1) is 17.5 Å². The van der Waals surface area contributed by atoms with Crippen LogP contribution >= 0.6 is 0 Å². The molecule has 6 nitrogen and oxygen atoms in total. The number of carbonyl (C=O) groups is 2. The molecular formula is C20H14B3F3N2O4. The smallest absolute Gasteiger partial charge is 0.271 e. The molecule has 0 aliphatic heterocycles. The van der Waals surface area contributed by atoms with Gasteiger partial charge in [0.15, 0.2) is 0 Å². The second-order valence-electron chi connectivity index (χ2n) is 6.99. The fraction of sp³-hybridized carbons (Fsp3) is 0.200. The van der Waals surface area contributed by atoms with E-state index in [4.69, 9.17) is 23.5 Å². The van der Waals surface area contributed by atoms with Gasteiger partial charge in [0.05, 0.1) is 7.11 Å². The highest BCUT2D eigenvalue weighted by Crippen LogP contribution is 2.32. The minimum atomic E-state index is -1.23. The van der Waals surface area contributed by atoms with Crippen LogP contribution < -0.4 is 27.2 Å². The average Bonchev–Trinajstić information content (AvgIpc) is 3.24. The Morgan fingerprint density at radius 1 is 0.969 bits per heavy atom. The van der Waals surface area contributed by atoms with Gasteiger partial charge in [-0.05, 0) is 37.0 Å². The van der Waals surface area contributed by atoms with Crippen molar-refractivity contribution in [1.82, 2.24) is 5.48 Å². The van der Waals surface area contributed by atoms with Gasteiger partial charge in [-0.25, -0.2) is 18.7 Å². The van der Waals surface area contributed by atoms with Crippen LogP contribution in [0.5, 0.6) is 5.75 Å². The molecule has 3 N–H and O–H groups in total. The van der Waals surface area contributed by atoms with E-state index in [0.29, 0.717) is 12.8 Å². The number of benzene rings is 2. The van der Waals surface area contributed by atoms with Gasteiger partial charge in [0.2, 0.25) is 0 Å². The Morgan fingerprint density at radius 2 is 1.53 bits per heavy atom. The molecule has 158 valence electrons. The van der Waals surface area contributed by atoms with E-state index in [0.717, 1.165) is 12.1 Å². The zero-order valence-electron chi connectivity index (χ0n) is 16.8. The van der Waals surface area contributed by atoms with Crippen LogP contribution in [0.15, 0.2) is 23.3 Å². The van der Waals surface area contributed by atoms with Crippen LogP contribution in [-0.2, 0) is 14.4 Å². The third-order valence-electron chi connectivity index (χ3n) is 5.05. The summed E-state index contributed by atoms with van der Waals surface area (Å²) in [5.74, 6) is -5.85. The first kappa shape index (κ1) is 23.5. The first-order chi connectivity index (χ1) is 15.1. The number of anilines is 1. The summed E-state index contributed by atoms with van der Waals surface area (Å²) in [7, 11) is 17.8. The molecule has 2 aromatic carbocycles. The van der Waals surface area contributed by atoms with Crippen LogP contribution in [0.1, 0.15) is 19.3 Å². The van der Waals surface area contributed by atoms with Gasteiger partial charge in [-0.15, -0.1) is 0 Å². The Morgan fingerprint density at radius 3 is 2.09 bits per heavy atom. The van der Waals surface area contributed by atoms with Crippen LogP contribution in [0.4, 0.5) is 18.9 Å². The number of aromatic hydroxyl groups is 1. The van der Waals surface area contributed by atoms with Gasteiger partial charge in [0, 0.05) is 16.7 Å². The molecule has 3 rings (SSSR count). The van der Waals surface area contributed by atoms with Crippen LogP contribution in [0.25, 0.3) is 11.1 Å². The van der Waals surface area contributed by atoms with Crippen molar-refractivity contribution in [2.24, 2.45) is 0 Å². The number of phenols is 1. The zero-order chi connectivity index (χ0) is 23.7. The number of rotatable bonds is 5. The Labute approximate surface area is 185 Å². The minimum absolute atomic E-state index is 0.0673. The Balaban J connectivity index is 1.99. The van der Waals surface area contributed by atoms with Gasteiger partial charge >= 0.3 is 0 Å². The van der Waals surface area contributed by atoms with Gasteiger partial charge in [-0.1, -0.05) is 16.4 Å². The molecule has 0 heterocycles. The highest BCUT2D eigenvalue weighted by molar-refractivity contribution is 6.52. The minimum Gasteiger partial charge on any atom is -0.508 e. The summed E-state index contributed by atoms with van der Waals surface area (Å²) in [6, 6.07) is 1.47. The standard InChI is InChI=1S/C20H14B3F3N2O4/c1-32-28-20(31)9-4-2-3-8(9)19(30)27-17-10(24)5-7(6-11(17)25)12-13(21)16(26)14(22)15(23)18(12)29/h5-6,29H,2-4H2,1H3,(H,27,30)(H,28,31). The van der Waals surface area contributed by atoms with E-state index in [1.54, 1.807) is 0 Å². The van der Waals surface area contributed by atoms with Gasteiger partial charge in [0.1, 0.15) is 52.4 Å². The number of carbonyl (C=O) groups excluding carboxylic acids is 2. The molecule has 1 aliphatic carbocycles. The second kappa shape index (κ2) is 9.16. The highest BCUT2D eigenvalue weighted by Gasteiger charge is 2.27. The fourth-order valence-electron chi connectivity index (χ4n) is 3.48. The van der Waals surface area contributed by atoms with E-state index in [1.165, 1.54) is 7.11 Å². The summed E-state index contributed by atoms with van der Waals surface area (Å²) in [5.41, 5.74) is -1.08. The van der Waals surface area contributed by atoms with E-state index < -0.39 is 62.7 Å². The quantitative estimate of drug-likeness (QED) is 0.454. The lowest BCUT2D eigenvalue weighted by Crippen LogP contribution is -2.36. The van der Waals surface area contributed by atoms with Crippen LogP contribution in [-0.4, -0.2) is 47.6 Å². The molecule has 0 atom stereocenters. The summed E-state index contributed by atoms with van der Waals surface area (Å²) < 4.78 is 43.6. The second-order valence-corrected chi connectivity index (χ2v) is 6.99. The first-order valence-corrected chi connectivity index (χ1v) is 9.29. The Kier molecular flexibility index (Phi) is 6.73. The average molecular weight is 436 g/mol. The number of halogens is 3. The maximum Gasteiger partial charge on any atom is 0.271 e. The van der Waals surface area contributed by atoms with Gasteiger partial charge in [0.25, 0.3) is 11.8 Å². The van der Waals surface area contributed by atoms with Crippen molar-refractivity contribution in [2.75, 3.05) is 12.4 Å². The van der Waals surface area contributed by atoms with E-state index >= 15 is 0 Å². The third kappa shape index (κ3) is 4.14. The molecule has 0 saturated heterocycles. The maximum absolute atomic E-state index is 14.7. The Bertz CT molecular complexity index is 1120. The number of phenolic OH excluding ortho intramolecular Hbond substituents is 1. The molecule has 2 amide bonds. The normalized spacial score (nSPS) is 13.4. The van der Waals surface area contributed by atoms with Crippen LogP contribution in [0.2, 0.25) is 0 Å². The summed E-state index contributed by atoms with van der Waals surface area (Å²) in [5, 5.41) is 12.3. The highest BCUT2D eigenvalue weighted by atomic mass is 19.1. The summed E-state index contributed by atoms with van der Waals surface area (Å²) in [4.78, 5) is 29.1. The molecule has 0 aromatic heterocycles. The predicted octanol–water partition coefficient (Wildman–Crippen LogP) is -0.0455. The summed E-state index contributed by atoms with van der Waals surface area (Å²) >= 11 is 0. The molecule has 0 bridgehead atoms. The molecule has 0 spiro atoms. The zero-order valence-corrected chi connectivity index (χ0v) is 16.8. The number of amides is 2. The van der Waals surface area contributed by atoms with Crippen molar-refractivity contribution in [3.8, 4) is 16.9 Å². The van der Waals surface area contributed by atoms with Crippen LogP contribution in [0.3, 0.4) is 0 Å². The molecule has 6 radical (unpaired) electrons. The molecule has 1 aliphatic rings. The number of hydroxylamine groups is 1. The lowest BCUT2D eigenvalue weighted by molar-refractivity contribution is -0.127.